The lowest BCUT2D eigenvalue weighted by atomic mass is 10.2. The first kappa shape index (κ1) is 12.7. The van der Waals surface area contributed by atoms with E-state index >= 15 is 0 Å². The number of nitrogens with one attached hydrogen (secondary N) is 1. The summed E-state index contributed by atoms with van der Waals surface area (Å²) < 4.78 is 38.5. The predicted octanol–water partition coefficient (Wildman–Crippen LogP) is 2.72. The Hall–Kier alpha value is -1.34. The van der Waals surface area contributed by atoms with E-state index in [1.54, 1.807) is 0 Å². The van der Waals surface area contributed by atoms with E-state index < -0.39 is 11.7 Å². The van der Waals surface area contributed by atoms with Crippen molar-refractivity contribution >= 4 is 26.7 Å². The standard InChI is InChI=1S/C12H12F3N3S/c13-12(14,15)8-1-2-9-10(7-8)19-11(17-9)18-5-3-16-4-6-18/h1-2,7,16H,3-6H2. The van der Waals surface area contributed by atoms with Gasteiger partial charge in [-0.25, -0.2) is 4.98 Å². The van der Waals surface area contributed by atoms with Crippen molar-refractivity contribution < 1.29 is 13.2 Å². The first-order valence-corrected chi connectivity index (χ1v) is 6.79. The molecule has 1 fully saturated rings. The molecule has 0 radical (unpaired) electrons. The molecule has 3 nitrogen and oxygen atoms in total. The van der Waals surface area contributed by atoms with Gasteiger partial charge in [0.15, 0.2) is 5.13 Å². The molecule has 0 saturated carbocycles. The summed E-state index contributed by atoms with van der Waals surface area (Å²) in [5.41, 5.74) is 0.0158. The van der Waals surface area contributed by atoms with Crippen LogP contribution in [-0.4, -0.2) is 31.2 Å². The van der Waals surface area contributed by atoms with Gasteiger partial charge < -0.3 is 10.2 Å². The maximum Gasteiger partial charge on any atom is 0.416 e. The van der Waals surface area contributed by atoms with Crippen molar-refractivity contribution in [2.45, 2.75) is 6.18 Å². The molecule has 2 heterocycles. The molecule has 2 aromatic rings. The summed E-state index contributed by atoms with van der Waals surface area (Å²) in [7, 11) is 0. The normalized spacial score (nSPS) is 17.1. The van der Waals surface area contributed by atoms with Crippen molar-refractivity contribution in [2.24, 2.45) is 0 Å². The number of piperazine rings is 1. The van der Waals surface area contributed by atoms with Crippen molar-refractivity contribution in [1.82, 2.24) is 10.3 Å². The molecular weight excluding hydrogens is 275 g/mol. The Balaban J connectivity index is 1.96. The number of hydrogen-bond donors (Lipinski definition) is 1. The highest BCUT2D eigenvalue weighted by Crippen LogP contribution is 2.35. The van der Waals surface area contributed by atoms with Gasteiger partial charge in [0.2, 0.25) is 0 Å². The summed E-state index contributed by atoms with van der Waals surface area (Å²) >= 11 is 1.32. The number of benzene rings is 1. The molecule has 1 aromatic carbocycles. The van der Waals surface area contributed by atoms with Crippen molar-refractivity contribution in [1.29, 1.82) is 0 Å². The van der Waals surface area contributed by atoms with Gasteiger partial charge in [-0.1, -0.05) is 11.3 Å². The quantitative estimate of drug-likeness (QED) is 0.874. The number of aromatic nitrogens is 1. The van der Waals surface area contributed by atoms with E-state index in [1.807, 2.05) is 0 Å². The lowest BCUT2D eigenvalue weighted by molar-refractivity contribution is -0.137. The Morgan fingerprint density at radius 3 is 2.63 bits per heavy atom. The fraction of sp³-hybridized carbons (Fsp3) is 0.417. The molecule has 1 aliphatic heterocycles. The Bertz CT molecular complexity index is 587. The highest BCUT2D eigenvalue weighted by atomic mass is 32.1. The van der Waals surface area contributed by atoms with Gasteiger partial charge in [-0.3, -0.25) is 0 Å². The molecule has 3 rings (SSSR count). The second kappa shape index (κ2) is 4.64. The fourth-order valence-electron chi connectivity index (χ4n) is 2.08. The van der Waals surface area contributed by atoms with Crippen LogP contribution in [0.5, 0.6) is 0 Å². The van der Waals surface area contributed by atoms with Crippen molar-refractivity contribution in [3.05, 3.63) is 23.8 Å². The lowest BCUT2D eigenvalue weighted by Crippen LogP contribution is -2.43. The van der Waals surface area contributed by atoms with Crippen LogP contribution in [-0.2, 0) is 6.18 Å². The van der Waals surface area contributed by atoms with Crippen molar-refractivity contribution in [2.75, 3.05) is 31.1 Å². The molecule has 0 atom stereocenters. The van der Waals surface area contributed by atoms with Crippen LogP contribution >= 0.6 is 11.3 Å². The van der Waals surface area contributed by atoms with E-state index in [9.17, 15) is 13.2 Å². The maximum absolute atomic E-state index is 12.6. The van der Waals surface area contributed by atoms with Crippen molar-refractivity contribution in [3.8, 4) is 0 Å². The molecule has 1 N–H and O–H groups in total. The van der Waals surface area contributed by atoms with Crippen LogP contribution in [0.15, 0.2) is 18.2 Å². The average Bonchev–Trinajstić information content (AvgIpc) is 2.81. The molecule has 1 aliphatic rings. The summed E-state index contributed by atoms with van der Waals surface area (Å²) in [5.74, 6) is 0. The third kappa shape index (κ3) is 2.52. The monoisotopic (exact) mass is 287 g/mol. The van der Waals surface area contributed by atoms with Crippen LogP contribution in [0, 0.1) is 0 Å². The summed E-state index contributed by atoms with van der Waals surface area (Å²) in [6, 6.07) is 3.71. The number of anilines is 1. The van der Waals surface area contributed by atoms with E-state index in [0.29, 0.717) is 10.2 Å². The summed E-state index contributed by atoms with van der Waals surface area (Å²) in [5, 5.41) is 4.04. The third-order valence-electron chi connectivity index (χ3n) is 3.09. The number of rotatable bonds is 1. The minimum absolute atomic E-state index is 0.586. The minimum Gasteiger partial charge on any atom is -0.346 e. The average molecular weight is 287 g/mol. The van der Waals surface area contributed by atoms with E-state index in [0.717, 1.165) is 37.4 Å². The smallest absolute Gasteiger partial charge is 0.346 e. The molecule has 1 aromatic heterocycles. The second-order valence-corrected chi connectivity index (χ2v) is 5.42. The van der Waals surface area contributed by atoms with Crippen LogP contribution in [0.1, 0.15) is 5.56 Å². The Labute approximate surface area is 112 Å². The van der Waals surface area contributed by atoms with E-state index in [1.165, 1.54) is 23.5 Å². The fourth-order valence-corrected chi connectivity index (χ4v) is 3.14. The highest BCUT2D eigenvalue weighted by Gasteiger charge is 2.30. The molecule has 0 aliphatic carbocycles. The molecule has 102 valence electrons. The molecule has 7 heteroatoms. The number of nitrogens with zero attached hydrogens (tertiary/aromatic N) is 2. The zero-order valence-corrected chi connectivity index (χ0v) is 10.8. The van der Waals surface area contributed by atoms with Crippen LogP contribution < -0.4 is 10.2 Å². The molecule has 0 unspecified atom stereocenters. The molecule has 0 bridgehead atoms. The molecule has 19 heavy (non-hydrogen) atoms. The van der Waals surface area contributed by atoms with Gasteiger partial charge in [-0.2, -0.15) is 13.2 Å². The summed E-state index contributed by atoms with van der Waals surface area (Å²) in [6.45, 7) is 3.44. The van der Waals surface area contributed by atoms with Gasteiger partial charge in [0, 0.05) is 26.2 Å². The minimum atomic E-state index is -4.30. The van der Waals surface area contributed by atoms with Gasteiger partial charge in [0.05, 0.1) is 15.8 Å². The summed E-state index contributed by atoms with van der Waals surface area (Å²) in [6.07, 6.45) is -4.30. The van der Waals surface area contributed by atoms with E-state index in [-0.39, 0.29) is 0 Å². The Morgan fingerprint density at radius 2 is 1.95 bits per heavy atom. The predicted molar refractivity (Wildman–Crippen MR) is 69.7 cm³/mol. The first-order valence-electron chi connectivity index (χ1n) is 5.97. The highest BCUT2D eigenvalue weighted by molar-refractivity contribution is 7.22. The lowest BCUT2D eigenvalue weighted by Gasteiger charge is -2.26. The van der Waals surface area contributed by atoms with Gasteiger partial charge in [-0.05, 0) is 18.2 Å². The van der Waals surface area contributed by atoms with Crippen LogP contribution in [0.4, 0.5) is 18.3 Å². The van der Waals surface area contributed by atoms with Crippen LogP contribution in [0.25, 0.3) is 10.2 Å². The number of halogens is 3. The number of thiazole rings is 1. The maximum atomic E-state index is 12.6. The Morgan fingerprint density at radius 1 is 1.21 bits per heavy atom. The number of fused-ring (bicyclic) bond motifs is 1. The topological polar surface area (TPSA) is 28.2 Å². The van der Waals surface area contributed by atoms with E-state index in [4.69, 9.17) is 0 Å². The van der Waals surface area contributed by atoms with Crippen LogP contribution in [0.2, 0.25) is 0 Å². The van der Waals surface area contributed by atoms with Gasteiger partial charge in [0.1, 0.15) is 0 Å². The number of hydrogen-bond acceptors (Lipinski definition) is 4. The van der Waals surface area contributed by atoms with Gasteiger partial charge in [0.25, 0.3) is 0 Å². The first-order chi connectivity index (χ1) is 9.04. The largest absolute Gasteiger partial charge is 0.416 e. The number of alkyl halides is 3. The second-order valence-electron chi connectivity index (χ2n) is 4.41. The summed E-state index contributed by atoms with van der Waals surface area (Å²) in [4.78, 5) is 6.51. The van der Waals surface area contributed by atoms with Gasteiger partial charge in [-0.15, -0.1) is 0 Å². The van der Waals surface area contributed by atoms with Crippen molar-refractivity contribution in [3.63, 3.8) is 0 Å². The van der Waals surface area contributed by atoms with Crippen LogP contribution in [0.3, 0.4) is 0 Å². The zero-order chi connectivity index (χ0) is 13.5. The molecule has 1 saturated heterocycles. The van der Waals surface area contributed by atoms with E-state index in [2.05, 4.69) is 15.2 Å². The van der Waals surface area contributed by atoms with Gasteiger partial charge >= 0.3 is 6.18 Å². The molecule has 0 spiro atoms. The molecular formula is C12H12F3N3S. The Kier molecular flexibility index (Phi) is 3.10. The molecule has 0 amide bonds. The third-order valence-corrected chi connectivity index (χ3v) is 4.17. The zero-order valence-electron chi connectivity index (χ0n) is 10.00. The SMILES string of the molecule is FC(F)(F)c1ccc2nc(N3CCNCC3)sc2c1.